The van der Waals surface area contributed by atoms with Crippen LogP contribution in [0.1, 0.15) is 141 Å². The molecule has 96 heavy (non-hydrogen) atoms. The van der Waals surface area contributed by atoms with Gasteiger partial charge in [0.1, 0.15) is 76.5 Å². The van der Waals surface area contributed by atoms with Crippen molar-refractivity contribution < 1.29 is 88.0 Å². The number of benzene rings is 3. The maximum Gasteiger partial charge on any atom is 0.327 e. The van der Waals surface area contributed by atoms with Gasteiger partial charge >= 0.3 is 17.9 Å². The monoisotopic (exact) mass is 1360 g/mol. The highest BCUT2D eigenvalue weighted by atomic mass is 32.2. The molecule has 3 saturated carbocycles. The molecule has 8 unspecified atom stereocenters. The number of ketones is 3. The van der Waals surface area contributed by atoms with Crippen LogP contribution >= 0.6 is 23.5 Å². The Bertz CT molecular complexity index is 3900. The Balaban J connectivity index is 0.000000213. The zero-order valence-corrected chi connectivity index (χ0v) is 58.2. The van der Waals surface area contributed by atoms with Gasteiger partial charge < -0.3 is 66.5 Å². The van der Waals surface area contributed by atoms with Crippen LogP contribution in [0.15, 0.2) is 108 Å². The van der Waals surface area contributed by atoms with E-state index in [-0.39, 0.29) is 82.5 Å². The number of methoxy groups -OCH3 is 3. The summed E-state index contributed by atoms with van der Waals surface area (Å²) in [5, 5.41) is 67.2. The standard InChI is InChI=1S/C29H37N3O9S.C24H29NO6S.C19H22O3/c1-14-16-7-6-15(41-5)10-17(16)29(4)21(11-20(33)28(2,3)25(29)24(14)37)42-13-19(26(38)31-12-23(35)36)32-22(34)9-8-18(30)27(39)40;1-12-15-8-7-14(31-6)9-16(15)24(5)19(32-11-17(22(29)30)25-13(2)26)10-18(27)23(3,4)21(24)20(12)28;1-11-13-7-6-12(22-5)10-14(13)19(4)9-8-15(20)18(2,3)17(19)16(11)21/h6-7,10,18-19,21,37H,1,8-9,11-13,30H2,2-5H3,(H,31,38)(H,32,34)(H,35,36)(H,39,40);7-9,17,19,28H,1,10-11H2,2-6H3,(H,25,26)(H,29,30);6-7,10,21H,1,8-9H2,2-5H3. The number of nitrogens with one attached hydrogen (secondary N) is 3. The molecule has 24 heteroatoms. The number of rotatable bonds is 19. The molecule has 11 N–H and O–H groups in total. The third-order valence-electron chi connectivity index (χ3n) is 20.0. The minimum absolute atomic E-state index is 0.00506. The average Bonchev–Trinajstić information content (AvgIpc) is 0.716. The number of carboxylic acid groups (broad SMARTS) is 3. The van der Waals surface area contributed by atoms with Crippen molar-refractivity contribution >= 4 is 93.2 Å². The highest BCUT2D eigenvalue weighted by Crippen LogP contribution is 2.62. The second-order valence-corrected chi connectivity index (χ2v) is 29.6. The molecule has 516 valence electrons. The molecular weight excluding hydrogens is 1270 g/mol. The molecule has 0 heterocycles. The van der Waals surface area contributed by atoms with Crippen molar-refractivity contribution in [3.8, 4) is 17.2 Å². The number of aliphatic hydroxyl groups is 3. The topological polar surface area (TPSA) is 365 Å². The lowest BCUT2D eigenvalue weighted by molar-refractivity contribution is -0.141. The molecule has 0 saturated heterocycles. The van der Waals surface area contributed by atoms with Crippen LogP contribution in [0.4, 0.5) is 0 Å². The van der Waals surface area contributed by atoms with Crippen molar-refractivity contribution in [1.82, 2.24) is 16.0 Å². The summed E-state index contributed by atoms with van der Waals surface area (Å²) >= 11 is 2.54. The smallest absolute Gasteiger partial charge is 0.327 e. The molecule has 9 rings (SSSR count). The van der Waals surface area contributed by atoms with Crippen LogP contribution in [0, 0.1) is 16.2 Å². The second-order valence-electron chi connectivity index (χ2n) is 27.1. The van der Waals surface area contributed by atoms with E-state index in [1.54, 1.807) is 60.1 Å². The lowest BCUT2D eigenvalue weighted by atomic mass is 9.53. The van der Waals surface area contributed by atoms with Gasteiger partial charge in [0.2, 0.25) is 17.7 Å². The molecule has 3 aromatic carbocycles. The number of hydrogen-bond donors (Lipinski definition) is 10. The zero-order valence-electron chi connectivity index (χ0n) is 56.5. The Hall–Kier alpha value is -8.61. The van der Waals surface area contributed by atoms with Crippen molar-refractivity contribution in [2.45, 2.75) is 153 Å². The lowest BCUT2D eigenvalue weighted by Crippen LogP contribution is -2.54. The van der Waals surface area contributed by atoms with Gasteiger partial charge in [0.15, 0.2) is 0 Å². The van der Waals surface area contributed by atoms with Gasteiger partial charge in [-0.1, -0.05) is 58.7 Å². The summed E-state index contributed by atoms with van der Waals surface area (Å²) in [5.74, 6) is -3.40. The molecule has 0 aliphatic heterocycles. The summed E-state index contributed by atoms with van der Waals surface area (Å²) in [7, 11) is 4.74. The molecule has 3 fully saturated rings. The average molecular weight is 1360 g/mol. The predicted molar refractivity (Wildman–Crippen MR) is 367 cm³/mol. The van der Waals surface area contributed by atoms with Gasteiger partial charge in [0, 0.05) is 104 Å². The number of carboxylic acids is 3. The largest absolute Gasteiger partial charge is 0.507 e. The maximum absolute atomic E-state index is 13.5. The minimum Gasteiger partial charge on any atom is -0.507 e. The van der Waals surface area contributed by atoms with Crippen LogP contribution < -0.4 is 35.9 Å². The van der Waals surface area contributed by atoms with E-state index >= 15 is 0 Å². The second kappa shape index (κ2) is 28.2. The quantitative estimate of drug-likeness (QED) is 0.0534. The minimum atomic E-state index is -1.28. The number of carbonyl (C=O) groups excluding carboxylic acids is 6. The van der Waals surface area contributed by atoms with E-state index < -0.39 is 92.6 Å². The number of nitrogens with two attached hydrogens (primary N) is 1. The van der Waals surface area contributed by atoms with Crippen molar-refractivity contribution in [2.75, 3.05) is 39.4 Å². The van der Waals surface area contributed by atoms with Gasteiger partial charge in [-0.3, -0.25) is 38.4 Å². The number of thioether (sulfide) groups is 2. The van der Waals surface area contributed by atoms with E-state index in [9.17, 15) is 63.6 Å². The van der Waals surface area contributed by atoms with Gasteiger partial charge in [-0.25, -0.2) is 4.79 Å². The summed E-state index contributed by atoms with van der Waals surface area (Å²) in [6.45, 7) is 29.7. The fourth-order valence-corrected chi connectivity index (χ4v) is 17.6. The number of fused-ring (bicyclic) bond motifs is 9. The number of aliphatic hydroxyl groups excluding tert-OH is 3. The van der Waals surface area contributed by atoms with E-state index in [1.807, 2.05) is 64.1 Å². The highest BCUT2D eigenvalue weighted by molar-refractivity contribution is 8.00. The van der Waals surface area contributed by atoms with Crippen molar-refractivity contribution in [3.63, 3.8) is 0 Å². The molecule has 22 nitrogen and oxygen atoms in total. The van der Waals surface area contributed by atoms with E-state index in [0.717, 1.165) is 39.1 Å². The number of carbonyl (C=O) groups is 9. The number of Topliss-reactive ketones (excluding diaryl/α,β-unsaturated/α-hetero) is 3. The number of aliphatic carboxylic acids is 3. The maximum atomic E-state index is 13.5. The highest BCUT2D eigenvalue weighted by Gasteiger charge is 2.60. The van der Waals surface area contributed by atoms with Gasteiger partial charge in [-0.15, -0.1) is 0 Å². The Morgan fingerprint density at radius 2 is 0.979 bits per heavy atom. The number of allylic oxidation sites excluding steroid dienone is 6. The number of hydrogen-bond acceptors (Lipinski definition) is 18. The molecular formula is C72H88N4O18S2. The summed E-state index contributed by atoms with van der Waals surface area (Å²) in [6.07, 6.45) is 1.05. The zero-order chi connectivity index (χ0) is 71.9. The summed E-state index contributed by atoms with van der Waals surface area (Å²) in [6, 6.07) is 13.2. The van der Waals surface area contributed by atoms with Crippen LogP contribution in [0.25, 0.3) is 16.7 Å². The van der Waals surface area contributed by atoms with Crippen LogP contribution in [0.5, 0.6) is 17.2 Å². The fourth-order valence-electron chi connectivity index (χ4n) is 14.6. The van der Waals surface area contributed by atoms with Crippen molar-refractivity contribution in [3.05, 3.63) is 142 Å². The van der Waals surface area contributed by atoms with Crippen LogP contribution in [0.2, 0.25) is 0 Å². The van der Waals surface area contributed by atoms with Crippen LogP contribution in [-0.4, -0.2) is 152 Å². The Morgan fingerprint density at radius 1 is 0.583 bits per heavy atom. The molecule has 0 radical (unpaired) electrons. The van der Waals surface area contributed by atoms with Gasteiger partial charge in [-0.05, 0) is 141 Å². The SMILES string of the molecule is C=C1C(O)=C2C(C)(C)C(=O)CC(SCC(NC(=O)CCC(N)C(=O)O)C(=O)NCC(=O)O)C2(C)c2cc(OC)ccc21.C=C1C(O)=C2C(C)(C)C(=O)CC(SCC(NC(C)=O)C(=O)O)C2(C)c2cc(OC)ccc21.C=C1C(O)=C2C(C)(C)C(=O)CCC2(C)c2cc(OC)ccc21. The lowest BCUT2D eigenvalue weighted by Gasteiger charge is -2.53. The summed E-state index contributed by atoms with van der Waals surface area (Å²) in [5.41, 5.74) is 9.21. The van der Waals surface area contributed by atoms with Gasteiger partial charge in [0.25, 0.3) is 0 Å². The first kappa shape index (κ1) is 74.8. The molecule has 6 aliphatic rings. The Labute approximate surface area is 567 Å². The number of amides is 3. The molecule has 0 spiro atoms. The first-order valence-electron chi connectivity index (χ1n) is 31.2. The molecule has 0 aromatic heterocycles. The fraction of sp³-hybridized carbons (Fsp3) is 0.458. The van der Waals surface area contributed by atoms with E-state index in [0.29, 0.717) is 57.8 Å². The van der Waals surface area contributed by atoms with E-state index in [4.69, 9.17) is 30.2 Å². The van der Waals surface area contributed by atoms with Gasteiger partial charge in [-0.2, -0.15) is 23.5 Å². The molecule has 3 aromatic rings. The molecule has 8 atom stereocenters. The molecule has 3 amide bonds. The van der Waals surface area contributed by atoms with Crippen molar-refractivity contribution in [1.29, 1.82) is 0 Å². The van der Waals surface area contributed by atoms with Crippen LogP contribution in [0.3, 0.4) is 0 Å². The molecule has 6 aliphatic carbocycles. The van der Waals surface area contributed by atoms with Gasteiger partial charge in [0.05, 0.1) is 21.3 Å². The molecule has 0 bridgehead atoms. The summed E-state index contributed by atoms with van der Waals surface area (Å²) < 4.78 is 16.3. The number of ether oxygens (including phenoxy) is 3. The van der Waals surface area contributed by atoms with Crippen molar-refractivity contribution in [2.24, 2.45) is 22.0 Å². The third kappa shape index (κ3) is 13.7. The Morgan fingerprint density at radius 3 is 1.38 bits per heavy atom. The first-order valence-corrected chi connectivity index (χ1v) is 33.3. The summed E-state index contributed by atoms with van der Waals surface area (Å²) in [4.78, 5) is 110. The van der Waals surface area contributed by atoms with E-state index in [1.165, 1.54) is 37.6 Å². The Kier molecular flexibility index (Phi) is 22.0. The normalized spacial score (nSPS) is 24.2. The first-order chi connectivity index (χ1) is 44.6. The predicted octanol–water partition coefficient (Wildman–Crippen LogP) is 9.43. The third-order valence-corrected chi connectivity index (χ3v) is 23.2. The van der Waals surface area contributed by atoms with E-state index in [2.05, 4.69) is 42.6 Å². The van der Waals surface area contributed by atoms with Crippen LogP contribution in [-0.2, 0) is 59.4 Å².